The van der Waals surface area contributed by atoms with Crippen molar-refractivity contribution in [3.63, 3.8) is 0 Å². The molecule has 0 aromatic rings. The van der Waals surface area contributed by atoms with Crippen molar-refractivity contribution >= 4 is 12.1 Å². The molecular weight excluding hydrogens is 289 g/mol. The molecule has 0 N–H and O–H groups in total. The van der Waals surface area contributed by atoms with Crippen LogP contribution in [0.1, 0.15) is 48.0 Å². The Morgan fingerprint density at radius 3 is 1.65 bits per heavy atom. The molecule has 1 unspecified atom stereocenters. The van der Waals surface area contributed by atoms with E-state index in [0.717, 1.165) is 6.42 Å². The zero-order chi connectivity index (χ0) is 13.6. The summed E-state index contributed by atoms with van der Waals surface area (Å²) in [5.41, 5.74) is -0.0645. The van der Waals surface area contributed by atoms with E-state index in [1.54, 1.807) is 0 Å². The standard InChI is InChI=1S/C12H23O.C2H3O.Y/c1-9(8-11(2,3)4)10(13)12(5,6)7;1-2-3;/h9H,1,8H2,2-7H3;2H,1H2;/q2*-1;. The van der Waals surface area contributed by atoms with Crippen LogP contribution < -0.4 is 0 Å². The maximum absolute atomic E-state index is 11.8. The summed E-state index contributed by atoms with van der Waals surface area (Å²) in [4.78, 5) is 20.5. The largest absolute Gasteiger partial charge is 0.343 e. The van der Waals surface area contributed by atoms with Crippen molar-refractivity contribution in [3.05, 3.63) is 13.8 Å². The predicted molar refractivity (Wildman–Crippen MR) is 68.8 cm³/mol. The molecule has 0 aromatic carbocycles. The number of hydrogen-bond donors (Lipinski definition) is 0. The van der Waals surface area contributed by atoms with Crippen molar-refractivity contribution < 1.29 is 42.3 Å². The molecular formula is C14H26O2Y-2. The van der Waals surface area contributed by atoms with Crippen molar-refractivity contribution in [1.82, 2.24) is 0 Å². The first kappa shape index (κ1) is 22.5. The zero-order valence-electron chi connectivity index (χ0n) is 12.2. The Morgan fingerprint density at radius 1 is 1.18 bits per heavy atom. The Kier molecular flexibility index (Phi) is 12.3. The molecule has 17 heavy (non-hydrogen) atoms. The fraction of sp³-hybridized carbons (Fsp3) is 0.714. The Bertz CT molecular complexity index is 221. The van der Waals surface area contributed by atoms with Gasteiger partial charge >= 0.3 is 0 Å². The molecule has 0 bridgehead atoms. The minimum absolute atomic E-state index is 0. The minimum Gasteiger partial charge on any atom is -0.343 e. The topological polar surface area (TPSA) is 34.1 Å². The van der Waals surface area contributed by atoms with Gasteiger partial charge in [0.25, 0.3) is 0 Å². The molecule has 2 nitrogen and oxygen atoms in total. The number of ketones is 1. The normalized spacial score (nSPS) is 12.6. The maximum atomic E-state index is 11.8. The molecule has 0 amide bonds. The van der Waals surface area contributed by atoms with Gasteiger partial charge < -0.3 is 23.4 Å². The second-order valence-corrected chi connectivity index (χ2v) is 6.24. The first-order chi connectivity index (χ1) is 6.95. The van der Waals surface area contributed by atoms with Crippen LogP contribution in [0.2, 0.25) is 0 Å². The average Bonchev–Trinajstić information content (AvgIpc) is 1.99. The SMILES string of the molecule is [CH2-]C(CC(C)(C)C)C(=O)C(C)(C)C.[CH2-]C=O.[Y]. The third-order valence-electron chi connectivity index (χ3n) is 1.97. The molecule has 1 atom stereocenters. The van der Waals surface area contributed by atoms with Crippen LogP contribution in [0.4, 0.5) is 0 Å². The predicted octanol–water partition coefficient (Wildman–Crippen LogP) is 3.50. The Hall–Kier alpha value is 0.314. The average molecular weight is 315 g/mol. The second-order valence-electron chi connectivity index (χ2n) is 6.24. The summed E-state index contributed by atoms with van der Waals surface area (Å²) in [7, 11) is 0. The van der Waals surface area contributed by atoms with Crippen LogP contribution in [0, 0.1) is 30.6 Å². The van der Waals surface area contributed by atoms with Gasteiger partial charge in [0, 0.05) is 38.1 Å². The fourth-order valence-corrected chi connectivity index (χ4v) is 1.44. The first-order valence-electron chi connectivity index (χ1n) is 5.56. The van der Waals surface area contributed by atoms with E-state index >= 15 is 0 Å². The van der Waals surface area contributed by atoms with Crippen LogP contribution in [0.15, 0.2) is 0 Å². The van der Waals surface area contributed by atoms with E-state index < -0.39 is 0 Å². The zero-order valence-corrected chi connectivity index (χ0v) is 15.0. The van der Waals surface area contributed by atoms with E-state index in [0.29, 0.717) is 6.29 Å². The van der Waals surface area contributed by atoms with E-state index in [1.807, 2.05) is 20.8 Å². The van der Waals surface area contributed by atoms with Gasteiger partial charge in [-0.25, -0.2) is 0 Å². The second kappa shape index (κ2) is 9.27. The van der Waals surface area contributed by atoms with E-state index in [2.05, 4.69) is 34.6 Å². The van der Waals surface area contributed by atoms with Gasteiger partial charge in [0.2, 0.25) is 0 Å². The third kappa shape index (κ3) is 14.3. The summed E-state index contributed by atoms with van der Waals surface area (Å²) in [6.07, 6.45) is 1.36. The van der Waals surface area contributed by atoms with Crippen LogP contribution in [0.3, 0.4) is 0 Å². The van der Waals surface area contributed by atoms with Gasteiger partial charge in [0.05, 0.1) is 0 Å². The van der Waals surface area contributed by atoms with E-state index in [1.165, 1.54) is 0 Å². The monoisotopic (exact) mass is 315 g/mol. The number of Topliss-reactive ketones (excluding diaryl/α,β-unsaturated/α-hetero) is 1. The molecule has 0 aromatic heterocycles. The van der Waals surface area contributed by atoms with Crippen molar-refractivity contribution in [2.24, 2.45) is 16.7 Å². The van der Waals surface area contributed by atoms with Crippen LogP contribution >= 0.6 is 0 Å². The smallest absolute Gasteiger partial charge is 0.111 e. The Balaban J connectivity index is -0.000000440. The van der Waals surface area contributed by atoms with E-state index in [4.69, 9.17) is 4.79 Å². The molecule has 0 saturated heterocycles. The number of carbonyl (C=O) groups is 2. The molecule has 0 aliphatic carbocycles. The third-order valence-corrected chi connectivity index (χ3v) is 1.97. The molecule has 0 saturated carbocycles. The Morgan fingerprint density at radius 2 is 1.47 bits per heavy atom. The van der Waals surface area contributed by atoms with Crippen LogP contribution in [0.5, 0.6) is 0 Å². The van der Waals surface area contributed by atoms with Crippen LogP contribution in [-0.2, 0) is 42.3 Å². The molecule has 0 heterocycles. The number of hydrogen-bond acceptors (Lipinski definition) is 2. The minimum atomic E-state index is -0.252. The van der Waals surface area contributed by atoms with Gasteiger partial charge in [-0.05, 0) is 11.7 Å². The number of rotatable bonds is 2. The maximum Gasteiger partial charge on any atom is 0.111 e. The molecule has 1 radical (unpaired) electrons. The quantitative estimate of drug-likeness (QED) is 0.577. The number of carbonyl (C=O) groups excluding carboxylic acids is 2. The van der Waals surface area contributed by atoms with Crippen molar-refractivity contribution in [2.75, 3.05) is 0 Å². The van der Waals surface area contributed by atoms with Gasteiger partial charge in [-0.3, -0.25) is 0 Å². The summed E-state index contributed by atoms with van der Waals surface area (Å²) >= 11 is 0. The number of aldehydes is 1. The van der Waals surface area contributed by atoms with Gasteiger partial charge in [0.1, 0.15) is 5.78 Å². The molecule has 99 valence electrons. The van der Waals surface area contributed by atoms with E-state index in [9.17, 15) is 4.79 Å². The van der Waals surface area contributed by atoms with Gasteiger partial charge in [-0.15, -0.1) is 5.92 Å². The van der Waals surface area contributed by atoms with Crippen LogP contribution in [0.25, 0.3) is 0 Å². The summed E-state index contributed by atoms with van der Waals surface area (Å²) in [5, 5.41) is 0. The summed E-state index contributed by atoms with van der Waals surface area (Å²) in [5.74, 6) is 0.197. The van der Waals surface area contributed by atoms with Crippen molar-refractivity contribution in [2.45, 2.75) is 48.0 Å². The summed E-state index contributed by atoms with van der Waals surface area (Å²) in [6, 6.07) is 0. The molecule has 0 spiro atoms. The fourth-order valence-electron chi connectivity index (χ4n) is 1.44. The summed E-state index contributed by atoms with van der Waals surface area (Å²) in [6.45, 7) is 19.0. The molecule has 0 aliphatic heterocycles. The van der Waals surface area contributed by atoms with Crippen LogP contribution in [-0.4, -0.2) is 12.1 Å². The summed E-state index contributed by atoms with van der Waals surface area (Å²) < 4.78 is 0. The van der Waals surface area contributed by atoms with Gasteiger partial charge in [-0.1, -0.05) is 48.0 Å². The molecule has 0 rings (SSSR count). The molecule has 0 aliphatic rings. The molecule has 3 heteroatoms. The van der Waals surface area contributed by atoms with Gasteiger partial charge in [0.15, 0.2) is 0 Å². The van der Waals surface area contributed by atoms with Gasteiger partial charge in [-0.2, -0.15) is 0 Å². The first-order valence-corrected chi connectivity index (χ1v) is 5.56. The van der Waals surface area contributed by atoms with E-state index in [-0.39, 0.29) is 55.2 Å². The van der Waals surface area contributed by atoms with Crippen molar-refractivity contribution in [3.8, 4) is 0 Å². The molecule has 0 fully saturated rings. The Labute approximate surface area is 132 Å². The van der Waals surface area contributed by atoms with Crippen molar-refractivity contribution in [1.29, 1.82) is 0 Å².